The van der Waals surface area contributed by atoms with E-state index in [9.17, 15) is 4.79 Å². The van der Waals surface area contributed by atoms with Crippen molar-refractivity contribution in [3.8, 4) is 5.88 Å². The van der Waals surface area contributed by atoms with Crippen molar-refractivity contribution >= 4 is 5.91 Å². The zero-order valence-electron chi connectivity index (χ0n) is 13.5. The molecule has 0 radical (unpaired) electrons. The van der Waals surface area contributed by atoms with E-state index in [-0.39, 0.29) is 11.9 Å². The minimum atomic E-state index is -0.134. The van der Waals surface area contributed by atoms with Crippen LogP contribution in [0.4, 0.5) is 0 Å². The van der Waals surface area contributed by atoms with Crippen LogP contribution in [0.1, 0.15) is 36.5 Å². The maximum absolute atomic E-state index is 12.6. The van der Waals surface area contributed by atoms with Gasteiger partial charge in [-0.05, 0) is 24.5 Å². The Morgan fingerprint density at radius 3 is 3.13 bits per heavy atom. The smallest absolute Gasteiger partial charge is 0.257 e. The summed E-state index contributed by atoms with van der Waals surface area (Å²) >= 11 is 0. The summed E-state index contributed by atoms with van der Waals surface area (Å²) < 4.78 is 7.76. The molecule has 3 heterocycles. The molecule has 6 heteroatoms. The highest BCUT2D eigenvalue weighted by molar-refractivity contribution is 5.96. The van der Waals surface area contributed by atoms with Crippen molar-refractivity contribution in [3.63, 3.8) is 0 Å². The third kappa shape index (κ3) is 3.70. The molecular formula is C17H22N4O2. The Morgan fingerprint density at radius 1 is 1.43 bits per heavy atom. The largest absolute Gasteiger partial charge is 0.477 e. The van der Waals surface area contributed by atoms with E-state index in [1.807, 2.05) is 6.20 Å². The van der Waals surface area contributed by atoms with E-state index in [1.165, 1.54) is 0 Å². The van der Waals surface area contributed by atoms with Crippen LogP contribution in [0, 0.1) is 5.92 Å². The highest BCUT2D eigenvalue weighted by atomic mass is 16.5. The van der Waals surface area contributed by atoms with Gasteiger partial charge >= 0.3 is 0 Å². The number of rotatable bonds is 5. The van der Waals surface area contributed by atoms with E-state index < -0.39 is 0 Å². The number of hydrogen-bond donors (Lipinski definition) is 1. The van der Waals surface area contributed by atoms with Crippen LogP contribution in [0.15, 0.2) is 30.7 Å². The Balaban J connectivity index is 1.67. The number of imidazole rings is 1. The lowest BCUT2D eigenvalue weighted by atomic mass is 10.1. The molecule has 1 amide bonds. The third-order valence-corrected chi connectivity index (χ3v) is 3.84. The number of nitrogens with zero attached hydrogens (tertiary/aromatic N) is 3. The predicted molar refractivity (Wildman–Crippen MR) is 86.4 cm³/mol. The Morgan fingerprint density at radius 2 is 2.30 bits per heavy atom. The molecule has 0 fully saturated rings. The van der Waals surface area contributed by atoms with Crippen LogP contribution in [-0.2, 0) is 13.0 Å². The fourth-order valence-electron chi connectivity index (χ4n) is 2.67. The Kier molecular flexibility index (Phi) is 4.60. The molecule has 0 saturated heterocycles. The molecule has 2 aromatic heterocycles. The Labute approximate surface area is 135 Å². The molecule has 3 rings (SSSR count). The number of fused-ring (bicyclic) bond motifs is 1. The van der Waals surface area contributed by atoms with Gasteiger partial charge in [-0.15, -0.1) is 0 Å². The summed E-state index contributed by atoms with van der Waals surface area (Å²) in [7, 11) is 0. The van der Waals surface area contributed by atoms with Crippen LogP contribution in [0.2, 0.25) is 0 Å². The van der Waals surface area contributed by atoms with Crippen molar-refractivity contribution in [1.82, 2.24) is 19.9 Å². The van der Waals surface area contributed by atoms with Gasteiger partial charge in [0.25, 0.3) is 5.91 Å². The molecular weight excluding hydrogens is 292 g/mol. The van der Waals surface area contributed by atoms with Gasteiger partial charge in [0, 0.05) is 37.6 Å². The SMILES string of the molecule is CC(C)COc1ncccc1C(=O)N[C@H]1CCc2nccn2C1. The van der Waals surface area contributed by atoms with Crippen molar-refractivity contribution in [1.29, 1.82) is 0 Å². The Bertz CT molecular complexity index is 681. The summed E-state index contributed by atoms with van der Waals surface area (Å²) in [4.78, 5) is 21.1. The highest BCUT2D eigenvalue weighted by Crippen LogP contribution is 2.17. The Hall–Kier alpha value is -2.37. The first-order valence-corrected chi connectivity index (χ1v) is 8.02. The normalized spacial score (nSPS) is 16.9. The number of ether oxygens (including phenoxy) is 1. The quantitative estimate of drug-likeness (QED) is 0.917. The number of carbonyl (C=O) groups excluding carboxylic acids is 1. The summed E-state index contributed by atoms with van der Waals surface area (Å²) in [5.74, 6) is 1.73. The maximum Gasteiger partial charge on any atom is 0.257 e. The molecule has 0 unspecified atom stereocenters. The summed E-state index contributed by atoms with van der Waals surface area (Å²) in [5, 5.41) is 3.09. The molecule has 0 aliphatic carbocycles. The molecule has 1 N–H and O–H groups in total. The zero-order valence-corrected chi connectivity index (χ0v) is 13.5. The molecule has 1 aliphatic heterocycles. The van der Waals surface area contributed by atoms with E-state index in [4.69, 9.17) is 4.74 Å². The molecule has 1 aliphatic rings. The average Bonchev–Trinajstić information content (AvgIpc) is 3.00. The van der Waals surface area contributed by atoms with Gasteiger partial charge < -0.3 is 14.6 Å². The molecule has 122 valence electrons. The van der Waals surface area contributed by atoms with Gasteiger partial charge in [0.2, 0.25) is 5.88 Å². The first-order chi connectivity index (χ1) is 11.1. The fraction of sp³-hybridized carbons (Fsp3) is 0.471. The first kappa shape index (κ1) is 15.5. The molecule has 0 spiro atoms. The van der Waals surface area contributed by atoms with E-state index >= 15 is 0 Å². The second-order valence-electron chi connectivity index (χ2n) is 6.27. The van der Waals surface area contributed by atoms with Crippen LogP contribution in [0.25, 0.3) is 0 Å². The van der Waals surface area contributed by atoms with Crippen molar-refractivity contribution in [3.05, 3.63) is 42.1 Å². The second kappa shape index (κ2) is 6.81. The average molecular weight is 314 g/mol. The van der Waals surface area contributed by atoms with Gasteiger partial charge in [-0.25, -0.2) is 9.97 Å². The molecule has 0 aromatic carbocycles. The second-order valence-corrected chi connectivity index (χ2v) is 6.27. The number of nitrogens with one attached hydrogen (secondary N) is 1. The summed E-state index contributed by atoms with van der Waals surface area (Å²) in [6.45, 7) is 5.42. The number of amides is 1. The lowest BCUT2D eigenvalue weighted by molar-refractivity contribution is 0.0921. The lowest BCUT2D eigenvalue weighted by Gasteiger charge is -2.25. The first-order valence-electron chi connectivity index (χ1n) is 8.02. The van der Waals surface area contributed by atoms with Crippen molar-refractivity contribution in [2.75, 3.05) is 6.61 Å². The van der Waals surface area contributed by atoms with Crippen molar-refractivity contribution in [2.24, 2.45) is 5.92 Å². The van der Waals surface area contributed by atoms with Gasteiger partial charge in [0.1, 0.15) is 11.4 Å². The summed E-state index contributed by atoms with van der Waals surface area (Å²) in [6, 6.07) is 3.61. The predicted octanol–water partition coefficient (Wildman–Crippen LogP) is 2.06. The van der Waals surface area contributed by atoms with Gasteiger partial charge in [-0.1, -0.05) is 13.8 Å². The molecule has 2 aromatic rings. The van der Waals surface area contributed by atoms with Crippen LogP contribution in [-0.4, -0.2) is 33.1 Å². The summed E-state index contributed by atoms with van der Waals surface area (Å²) in [5.41, 5.74) is 0.490. The van der Waals surface area contributed by atoms with E-state index in [1.54, 1.807) is 24.5 Å². The van der Waals surface area contributed by atoms with Crippen LogP contribution in [0.5, 0.6) is 5.88 Å². The monoisotopic (exact) mass is 314 g/mol. The molecule has 6 nitrogen and oxygen atoms in total. The van der Waals surface area contributed by atoms with Gasteiger partial charge in [-0.2, -0.15) is 0 Å². The summed E-state index contributed by atoms with van der Waals surface area (Å²) in [6.07, 6.45) is 7.17. The van der Waals surface area contributed by atoms with Crippen molar-refractivity contribution < 1.29 is 9.53 Å². The van der Waals surface area contributed by atoms with Crippen molar-refractivity contribution in [2.45, 2.75) is 39.3 Å². The van der Waals surface area contributed by atoms with E-state index in [2.05, 4.69) is 33.7 Å². The number of aryl methyl sites for hydroxylation is 1. The van der Waals surface area contributed by atoms with Crippen LogP contribution in [0.3, 0.4) is 0 Å². The lowest BCUT2D eigenvalue weighted by Crippen LogP contribution is -2.41. The number of carbonyl (C=O) groups is 1. The van der Waals surface area contributed by atoms with E-state index in [0.29, 0.717) is 24.0 Å². The minimum absolute atomic E-state index is 0.0994. The minimum Gasteiger partial charge on any atom is -0.477 e. The highest BCUT2D eigenvalue weighted by Gasteiger charge is 2.22. The maximum atomic E-state index is 12.6. The molecule has 0 saturated carbocycles. The van der Waals surface area contributed by atoms with Crippen LogP contribution >= 0.6 is 0 Å². The molecule has 0 bridgehead atoms. The standard InChI is InChI=1S/C17H22N4O2/c1-12(2)11-23-17-14(4-3-7-19-17)16(22)20-13-5-6-15-18-8-9-21(15)10-13/h3-4,7-9,12-13H,5-6,10-11H2,1-2H3,(H,20,22)/t13-/m0/s1. The zero-order chi connectivity index (χ0) is 16.2. The molecule has 23 heavy (non-hydrogen) atoms. The van der Waals surface area contributed by atoms with Crippen LogP contribution < -0.4 is 10.1 Å². The third-order valence-electron chi connectivity index (χ3n) is 3.84. The molecule has 1 atom stereocenters. The van der Waals surface area contributed by atoms with E-state index in [0.717, 1.165) is 25.2 Å². The number of aromatic nitrogens is 3. The fourth-order valence-corrected chi connectivity index (χ4v) is 2.67. The van der Waals surface area contributed by atoms with Gasteiger partial charge in [0.15, 0.2) is 0 Å². The topological polar surface area (TPSA) is 69.0 Å². The van der Waals surface area contributed by atoms with Gasteiger partial charge in [-0.3, -0.25) is 4.79 Å². The number of hydrogen-bond acceptors (Lipinski definition) is 4. The van der Waals surface area contributed by atoms with Gasteiger partial charge in [0.05, 0.1) is 6.61 Å². The number of pyridine rings is 1.